The molecule has 0 saturated heterocycles. The first kappa shape index (κ1) is 72.8. The Hall–Kier alpha value is -3.15. The van der Waals surface area contributed by atoms with Gasteiger partial charge >= 0.3 is 17.9 Å². The molecule has 0 aromatic carbocycles. The lowest BCUT2D eigenvalue weighted by atomic mass is 10.0. The monoisotopic (exact) mass is 1060 g/mol. The Labute approximate surface area is 472 Å². The molecular formula is C70H124O6. The number of ether oxygens (including phenoxy) is 3. The van der Waals surface area contributed by atoms with Gasteiger partial charge in [-0.1, -0.05) is 299 Å². The van der Waals surface area contributed by atoms with Gasteiger partial charge in [-0.15, -0.1) is 0 Å². The van der Waals surface area contributed by atoms with Gasteiger partial charge in [0.25, 0.3) is 0 Å². The first-order valence-corrected chi connectivity index (χ1v) is 32.9. The Kier molecular flexibility index (Phi) is 61.7. The maximum atomic E-state index is 12.9. The first-order chi connectivity index (χ1) is 37.5. The van der Waals surface area contributed by atoms with Gasteiger partial charge in [-0.2, -0.15) is 0 Å². The van der Waals surface area contributed by atoms with E-state index in [0.717, 1.165) is 96.3 Å². The van der Waals surface area contributed by atoms with Crippen molar-refractivity contribution in [2.45, 2.75) is 341 Å². The molecule has 0 N–H and O–H groups in total. The number of unbranched alkanes of at least 4 members (excludes halogenated alkanes) is 37. The van der Waals surface area contributed by atoms with Crippen molar-refractivity contribution in [1.82, 2.24) is 0 Å². The molecule has 0 amide bonds. The number of carbonyl (C=O) groups is 3. The smallest absolute Gasteiger partial charge is 0.306 e. The lowest BCUT2D eigenvalue weighted by Crippen LogP contribution is -2.30. The molecule has 0 fully saturated rings. The van der Waals surface area contributed by atoms with Crippen molar-refractivity contribution in [3.05, 3.63) is 72.9 Å². The highest BCUT2D eigenvalue weighted by atomic mass is 16.6. The number of carbonyl (C=O) groups excluding carboxylic acids is 3. The van der Waals surface area contributed by atoms with Gasteiger partial charge in [0.2, 0.25) is 0 Å². The molecule has 0 heterocycles. The summed E-state index contributed by atoms with van der Waals surface area (Å²) in [4.78, 5) is 38.3. The van der Waals surface area contributed by atoms with Crippen LogP contribution in [-0.4, -0.2) is 37.2 Å². The molecule has 0 bridgehead atoms. The van der Waals surface area contributed by atoms with Gasteiger partial charge in [0.1, 0.15) is 13.2 Å². The zero-order chi connectivity index (χ0) is 55.0. The number of rotatable bonds is 60. The zero-order valence-corrected chi connectivity index (χ0v) is 50.5. The SMILES string of the molecule is CC/C=C\C/C=C\C/C=C\C/C=C\C/C=C\CCCCCCCCCCCCCCCCCC(=O)OCC(COC(=O)CCCCCCCCCCCCCCC)OC(=O)CCCCCCC/C=C\CCCCCCC. The highest BCUT2D eigenvalue weighted by Crippen LogP contribution is 2.17. The zero-order valence-electron chi connectivity index (χ0n) is 50.5. The minimum atomic E-state index is -0.776. The van der Waals surface area contributed by atoms with Gasteiger partial charge in [-0.3, -0.25) is 14.4 Å². The van der Waals surface area contributed by atoms with Crippen LogP contribution in [0.15, 0.2) is 72.9 Å². The second kappa shape index (κ2) is 64.4. The molecule has 0 aliphatic carbocycles. The second-order valence-electron chi connectivity index (χ2n) is 22.0. The summed E-state index contributed by atoms with van der Waals surface area (Å²) in [7, 11) is 0. The molecule has 1 atom stereocenters. The molecular weight excluding hydrogens is 937 g/mol. The van der Waals surface area contributed by atoms with Crippen LogP contribution in [0, 0.1) is 0 Å². The van der Waals surface area contributed by atoms with E-state index in [9.17, 15) is 14.4 Å². The van der Waals surface area contributed by atoms with Crippen LogP contribution in [0.1, 0.15) is 335 Å². The molecule has 0 saturated carbocycles. The molecule has 6 nitrogen and oxygen atoms in total. The van der Waals surface area contributed by atoms with Crippen LogP contribution in [0.5, 0.6) is 0 Å². The fourth-order valence-corrected chi connectivity index (χ4v) is 9.53. The van der Waals surface area contributed by atoms with Gasteiger partial charge in [0, 0.05) is 19.3 Å². The van der Waals surface area contributed by atoms with Crippen LogP contribution in [0.2, 0.25) is 0 Å². The lowest BCUT2D eigenvalue weighted by Gasteiger charge is -2.18. The maximum absolute atomic E-state index is 12.9. The Morgan fingerprint density at radius 2 is 0.513 bits per heavy atom. The molecule has 0 aliphatic heterocycles. The lowest BCUT2D eigenvalue weighted by molar-refractivity contribution is -0.167. The van der Waals surface area contributed by atoms with E-state index in [1.165, 1.54) is 199 Å². The molecule has 1 unspecified atom stereocenters. The summed E-state index contributed by atoms with van der Waals surface area (Å²) >= 11 is 0. The van der Waals surface area contributed by atoms with E-state index in [1.807, 2.05) is 0 Å². The maximum Gasteiger partial charge on any atom is 0.306 e. The molecule has 6 heteroatoms. The van der Waals surface area contributed by atoms with Crippen LogP contribution < -0.4 is 0 Å². The van der Waals surface area contributed by atoms with Crippen molar-refractivity contribution in [3.8, 4) is 0 Å². The van der Waals surface area contributed by atoms with Crippen LogP contribution in [-0.2, 0) is 28.6 Å². The quantitative estimate of drug-likeness (QED) is 0.0261. The number of esters is 3. The van der Waals surface area contributed by atoms with E-state index in [4.69, 9.17) is 14.2 Å². The van der Waals surface area contributed by atoms with Gasteiger partial charge in [0.15, 0.2) is 6.10 Å². The molecule has 440 valence electrons. The molecule has 0 aromatic rings. The van der Waals surface area contributed by atoms with Crippen molar-refractivity contribution in [2.24, 2.45) is 0 Å². The fourth-order valence-electron chi connectivity index (χ4n) is 9.53. The fraction of sp³-hybridized carbons (Fsp3) is 0.786. The van der Waals surface area contributed by atoms with Gasteiger partial charge in [-0.25, -0.2) is 0 Å². The third-order valence-corrected chi connectivity index (χ3v) is 14.4. The number of allylic oxidation sites excluding steroid dienone is 12. The van der Waals surface area contributed by atoms with Crippen molar-refractivity contribution in [3.63, 3.8) is 0 Å². The van der Waals surface area contributed by atoms with Crippen molar-refractivity contribution >= 4 is 17.9 Å². The summed E-state index contributed by atoms with van der Waals surface area (Å²) in [6.45, 7) is 6.55. The van der Waals surface area contributed by atoms with E-state index < -0.39 is 6.10 Å². The molecule has 0 radical (unpaired) electrons. The number of hydrogen-bond acceptors (Lipinski definition) is 6. The van der Waals surface area contributed by atoms with E-state index in [-0.39, 0.29) is 31.1 Å². The average molecular weight is 1060 g/mol. The minimum absolute atomic E-state index is 0.0734. The summed E-state index contributed by atoms with van der Waals surface area (Å²) in [6.07, 6.45) is 83.5. The topological polar surface area (TPSA) is 78.9 Å². The largest absolute Gasteiger partial charge is 0.462 e. The normalized spacial score (nSPS) is 12.5. The number of hydrogen-bond donors (Lipinski definition) is 0. The summed E-state index contributed by atoms with van der Waals surface area (Å²) in [6, 6.07) is 0. The molecule has 0 rings (SSSR count). The van der Waals surface area contributed by atoms with Crippen LogP contribution in [0.4, 0.5) is 0 Å². The third-order valence-electron chi connectivity index (χ3n) is 14.4. The van der Waals surface area contributed by atoms with Gasteiger partial charge in [-0.05, 0) is 89.9 Å². The molecule has 76 heavy (non-hydrogen) atoms. The van der Waals surface area contributed by atoms with Gasteiger partial charge in [0.05, 0.1) is 0 Å². The van der Waals surface area contributed by atoms with Crippen molar-refractivity contribution in [1.29, 1.82) is 0 Å². The minimum Gasteiger partial charge on any atom is -0.462 e. The van der Waals surface area contributed by atoms with E-state index in [1.54, 1.807) is 0 Å². The van der Waals surface area contributed by atoms with E-state index >= 15 is 0 Å². The van der Waals surface area contributed by atoms with E-state index in [2.05, 4.69) is 93.7 Å². The van der Waals surface area contributed by atoms with Crippen LogP contribution >= 0.6 is 0 Å². The average Bonchev–Trinajstić information content (AvgIpc) is 3.42. The third kappa shape index (κ3) is 61.7. The van der Waals surface area contributed by atoms with Gasteiger partial charge < -0.3 is 14.2 Å². The van der Waals surface area contributed by atoms with Crippen molar-refractivity contribution < 1.29 is 28.6 Å². The predicted octanol–water partition coefficient (Wildman–Crippen LogP) is 22.5. The predicted molar refractivity (Wildman–Crippen MR) is 330 cm³/mol. The summed E-state index contributed by atoms with van der Waals surface area (Å²) in [5.74, 6) is -0.865. The van der Waals surface area contributed by atoms with E-state index in [0.29, 0.717) is 19.3 Å². The van der Waals surface area contributed by atoms with Crippen molar-refractivity contribution in [2.75, 3.05) is 13.2 Å². The Morgan fingerprint density at radius 1 is 0.276 bits per heavy atom. The standard InChI is InChI=1S/C70H124O6/c1-4-7-10-13-16-19-22-25-27-28-29-30-31-32-33-34-35-36-37-38-39-40-41-42-43-46-48-51-54-57-60-63-69(72)75-66-67(65-74-68(71)62-59-56-53-50-47-44-24-21-18-15-12-9-6-3)76-70(73)64-61-58-55-52-49-45-26-23-20-17-14-11-8-5-2/h7,10,16,19,23,25-27,29-30,32-33,67H,4-6,8-9,11-15,17-18,20-22,24,28,31,34-66H2,1-3H3/b10-7-,19-16-,26-23-,27-25-,30-29-,33-32-. The first-order valence-electron chi connectivity index (χ1n) is 32.9. The summed E-state index contributed by atoms with van der Waals surface area (Å²) < 4.78 is 16.9. The second-order valence-corrected chi connectivity index (χ2v) is 22.0. The molecule has 0 spiro atoms. The summed E-state index contributed by atoms with van der Waals surface area (Å²) in [5, 5.41) is 0. The highest BCUT2D eigenvalue weighted by molar-refractivity contribution is 5.71. The van der Waals surface area contributed by atoms with Crippen LogP contribution in [0.25, 0.3) is 0 Å². The highest BCUT2D eigenvalue weighted by Gasteiger charge is 2.19. The Balaban J connectivity index is 4.16. The Bertz CT molecular complexity index is 1400. The van der Waals surface area contributed by atoms with Crippen LogP contribution in [0.3, 0.4) is 0 Å². The summed E-state index contributed by atoms with van der Waals surface area (Å²) in [5.41, 5.74) is 0. The molecule has 0 aliphatic rings. The molecule has 0 aromatic heterocycles. The Morgan fingerprint density at radius 3 is 0.816 bits per heavy atom.